The van der Waals surface area contributed by atoms with Gasteiger partial charge in [0, 0.05) is 34.2 Å². The molecule has 52 heavy (non-hydrogen) atoms. The molecule has 0 radical (unpaired) electrons. The van der Waals surface area contributed by atoms with Crippen LogP contribution in [0, 0.1) is 23.7 Å². The molecule has 0 aromatic heterocycles. The Hall–Kier alpha value is -3.55. The zero-order chi connectivity index (χ0) is 39.1. The van der Waals surface area contributed by atoms with E-state index in [9.17, 15) is 24.0 Å². The van der Waals surface area contributed by atoms with Gasteiger partial charge in [-0.1, -0.05) is 85.2 Å². The van der Waals surface area contributed by atoms with Crippen molar-refractivity contribution >= 4 is 30.1 Å². The fourth-order valence-electron chi connectivity index (χ4n) is 7.37. The first kappa shape index (κ1) is 44.6. The fourth-order valence-corrected chi connectivity index (χ4v) is 7.37. The molecule has 1 saturated heterocycles. The maximum absolute atomic E-state index is 14.1. The Morgan fingerprint density at radius 3 is 2.10 bits per heavy atom. The molecule has 294 valence electrons. The third-order valence-corrected chi connectivity index (χ3v) is 10.5. The van der Waals surface area contributed by atoms with Gasteiger partial charge < -0.3 is 40.0 Å². The first-order valence-corrected chi connectivity index (χ1v) is 18.7. The van der Waals surface area contributed by atoms with Gasteiger partial charge in [-0.2, -0.15) is 0 Å². The molecule has 13 nitrogen and oxygen atoms in total. The molecule has 1 fully saturated rings. The molecular formula is C39H65N5O8. The molecule has 13 heteroatoms. The molecule has 1 aromatic rings. The number of hydrogen-bond acceptors (Lipinski definition) is 9. The van der Waals surface area contributed by atoms with Crippen molar-refractivity contribution in [2.75, 3.05) is 34.9 Å². The number of benzene rings is 1. The van der Waals surface area contributed by atoms with Crippen LogP contribution in [0.4, 0.5) is 0 Å². The number of hydrogen-bond donors (Lipinski definition) is 3. The number of likely N-dealkylation sites (tertiary alicyclic amines) is 1. The van der Waals surface area contributed by atoms with E-state index in [0.29, 0.717) is 25.9 Å². The molecule has 1 aliphatic heterocycles. The van der Waals surface area contributed by atoms with E-state index < -0.39 is 42.5 Å². The Kier molecular flexibility index (Phi) is 18.7. The van der Waals surface area contributed by atoms with E-state index >= 15 is 0 Å². The van der Waals surface area contributed by atoms with Crippen molar-refractivity contribution < 1.29 is 38.2 Å². The lowest BCUT2D eigenvalue weighted by atomic mass is 9.89. The molecule has 1 aromatic carbocycles. The van der Waals surface area contributed by atoms with Crippen molar-refractivity contribution in [2.45, 2.75) is 123 Å². The summed E-state index contributed by atoms with van der Waals surface area (Å²) in [5.41, 5.74) is 0.895. The number of likely N-dealkylation sites (N-methyl/N-ethyl adjacent to an activating group) is 2. The minimum atomic E-state index is -0.864. The highest BCUT2D eigenvalue weighted by atomic mass is 16.5. The summed E-state index contributed by atoms with van der Waals surface area (Å²) in [5.74, 6) is -1.86. The van der Waals surface area contributed by atoms with Crippen LogP contribution in [-0.4, -0.2) is 117 Å². The molecule has 0 spiro atoms. The van der Waals surface area contributed by atoms with Gasteiger partial charge in [-0.3, -0.25) is 24.0 Å². The number of ether oxygens (including phenoxy) is 3. The molecule has 1 aliphatic rings. The van der Waals surface area contributed by atoms with Crippen LogP contribution in [-0.2, 0) is 44.6 Å². The Labute approximate surface area is 311 Å². The van der Waals surface area contributed by atoms with Crippen LogP contribution in [0.2, 0.25) is 0 Å². The van der Waals surface area contributed by atoms with E-state index in [1.165, 1.54) is 7.11 Å². The summed E-state index contributed by atoms with van der Waals surface area (Å²) in [6.45, 7) is 14.3. The van der Waals surface area contributed by atoms with E-state index in [4.69, 9.17) is 14.2 Å². The Morgan fingerprint density at radius 1 is 0.942 bits per heavy atom. The van der Waals surface area contributed by atoms with Crippen molar-refractivity contribution in [2.24, 2.45) is 23.7 Å². The van der Waals surface area contributed by atoms with E-state index in [1.807, 2.05) is 71.9 Å². The lowest BCUT2D eigenvalue weighted by molar-refractivity contribution is -0.148. The topological polar surface area (TPSA) is 156 Å². The summed E-state index contributed by atoms with van der Waals surface area (Å²) >= 11 is 0. The number of rotatable bonds is 22. The van der Waals surface area contributed by atoms with E-state index in [1.54, 1.807) is 37.9 Å². The number of carbonyl (C=O) groups excluding carboxylic acids is 5. The largest absolute Gasteiger partial charge is 0.444 e. The highest BCUT2D eigenvalue weighted by molar-refractivity contribution is 5.90. The van der Waals surface area contributed by atoms with Gasteiger partial charge in [-0.15, -0.1) is 0 Å². The second kappa shape index (κ2) is 21.9. The minimum absolute atomic E-state index is 0.0108. The van der Waals surface area contributed by atoms with Gasteiger partial charge in [-0.25, -0.2) is 0 Å². The number of carbonyl (C=O) groups is 5. The molecule has 0 saturated carbocycles. The first-order chi connectivity index (χ1) is 24.7. The van der Waals surface area contributed by atoms with Gasteiger partial charge in [0.05, 0.1) is 42.7 Å². The quantitative estimate of drug-likeness (QED) is 0.121. The fraction of sp³-hybridized carbons (Fsp3) is 0.718. The van der Waals surface area contributed by atoms with Crippen molar-refractivity contribution in [1.29, 1.82) is 0 Å². The molecule has 1 heterocycles. The molecular weight excluding hydrogens is 666 g/mol. The Balaban J connectivity index is 2.25. The monoisotopic (exact) mass is 731 g/mol. The molecule has 0 unspecified atom stereocenters. The van der Waals surface area contributed by atoms with Gasteiger partial charge in [0.25, 0.3) is 6.47 Å². The Bertz CT molecular complexity index is 1280. The van der Waals surface area contributed by atoms with Crippen LogP contribution in [0.25, 0.3) is 0 Å². The molecule has 2 rings (SSSR count). The minimum Gasteiger partial charge on any atom is -0.444 e. The number of methoxy groups -OCH3 is 2. The van der Waals surface area contributed by atoms with Crippen molar-refractivity contribution in [3.63, 3.8) is 0 Å². The molecule has 4 amide bonds. The Morgan fingerprint density at radius 2 is 1.58 bits per heavy atom. The molecule has 0 bridgehead atoms. The second-order valence-corrected chi connectivity index (χ2v) is 14.7. The predicted octanol–water partition coefficient (Wildman–Crippen LogP) is 3.15. The summed E-state index contributed by atoms with van der Waals surface area (Å²) in [5, 5.41) is 8.85. The highest BCUT2D eigenvalue weighted by Crippen LogP contribution is 2.29. The van der Waals surface area contributed by atoms with Crippen LogP contribution in [0.1, 0.15) is 79.7 Å². The molecule has 0 aliphatic carbocycles. The lowest BCUT2D eigenvalue weighted by Gasteiger charge is -2.41. The summed E-state index contributed by atoms with van der Waals surface area (Å²) in [4.78, 5) is 69.6. The third-order valence-electron chi connectivity index (χ3n) is 10.5. The maximum Gasteiger partial charge on any atom is 0.295 e. The van der Waals surface area contributed by atoms with Gasteiger partial charge in [0.1, 0.15) is 6.04 Å². The van der Waals surface area contributed by atoms with Gasteiger partial charge in [-0.05, 0) is 43.2 Å². The number of nitrogens with one attached hydrogen (secondary N) is 3. The average molecular weight is 732 g/mol. The van der Waals surface area contributed by atoms with Crippen molar-refractivity contribution in [3.05, 3.63) is 35.9 Å². The summed E-state index contributed by atoms with van der Waals surface area (Å²) < 4.78 is 17.1. The van der Waals surface area contributed by atoms with Gasteiger partial charge in [0.2, 0.25) is 23.6 Å². The number of nitrogens with zero attached hydrogens (tertiary/aromatic N) is 2. The van der Waals surface area contributed by atoms with Crippen molar-refractivity contribution in [3.8, 4) is 0 Å². The summed E-state index contributed by atoms with van der Waals surface area (Å²) in [6.07, 6.45) is 0.295. The van der Waals surface area contributed by atoms with Crippen LogP contribution < -0.4 is 16.0 Å². The standard InChI is InChI=1S/C39H65N5O8/c1-12-26(6)35(43(9)39(49)34(25(4)5)42-38(48)33(40-8)24(2)3)30(50-10)22-32(46)44-20-16-19-29(44)36(51-11)27(7)37(47)41-31(52-23-45)21-28-17-14-13-15-18-28/h13-15,17-18,23-27,29-31,33-36,40H,12,16,19-22H2,1-11H3,(H,41,47)(H,42,48)/t26-,27+,29-,30+,31+,33-,34-,35-,36+/m0/s1. The summed E-state index contributed by atoms with van der Waals surface area (Å²) in [7, 11) is 6.52. The SMILES string of the molecule is CC[C@H](C)[C@@H]([C@@H](CC(=O)N1CCC[C@H]1[C@H](OC)[C@@H](C)C(=O)N[C@@H](Cc1ccccc1)OC=O)OC)N(C)C(=O)[C@@H](NC(=O)[C@@H](NC)C(C)C)C(C)C. The van der Waals surface area contributed by atoms with Crippen LogP contribution in [0.5, 0.6) is 0 Å². The number of amides is 4. The normalized spacial score (nSPS) is 19.2. The van der Waals surface area contributed by atoms with Crippen molar-refractivity contribution in [1.82, 2.24) is 25.8 Å². The van der Waals surface area contributed by atoms with Crippen LogP contribution in [0.15, 0.2) is 30.3 Å². The van der Waals surface area contributed by atoms with Crippen LogP contribution >= 0.6 is 0 Å². The van der Waals surface area contributed by atoms with Crippen LogP contribution in [0.3, 0.4) is 0 Å². The van der Waals surface area contributed by atoms with E-state index in [-0.39, 0.29) is 53.8 Å². The zero-order valence-electron chi connectivity index (χ0n) is 33.2. The van der Waals surface area contributed by atoms with E-state index in [0.717, 1.165) is 18.4 Å². The average Bonchev–Trinajstić information content (AvgIpc) is 3.60. The van der Waals surface area contributed by atoms with Gasteiger partial charge >= 0.3 is 0 Å². The third kappa shape index (κ3) is 12.0. The predicted molar refractivity (Wildman–Crippen MR) is 200 cm³/mol. The zero-order valence-corrected chi connectivity index (χ0v) is 33.2. The maximum atomic E-state index is 14.1. The first-order valence-electron chi connectivity index (χ1n) is 18.7. The van der Waals surface area contributed by atoms with Gasteiger partial charge in [0.15, 0.2) is 6.23 Å². The molecule has 3 N–H and O–H groups in total. The lowest BCUT2D eigenvalue weighted by Crippen LogP contribution is -2.59. The second-order valence-electron chi connectivity index (χ2n) is 14.7. The molecule has 9 atom stereocenters. The highest BCUT2D eigenvalue weighted by Gasteiger charge is 2.43. The smallest absolute Gasteiger partial charge is 0.295 e. The van der Waals surface area contributed by atoms with E-state index in [2.05, 4.69) is 16.0 Å². The summed E-state index contributed by atoms with van der Waals surface area (Å²) in [6, 6.07) is 7.34.